The van der Waals surface area contributed by atoms with Crippen molar-refractivity contribution in [3.63, 3.8) is 0 Å². The van der Waals surface area contributed by atoms with Crippen LogP contribution in [0, 0.1) is 17.7 Å². The van der Waals surface area contributed by atoms with Gasteiger partial charge >= 0.3 is 6.09 Å². The Bertz CT molecular complexity index is 2200. The van der Waals surface area contributed by atoms with Gasteiger partial charge in [0.1, 0.15) is 12.9 Å². The van der Waals surface area contributed by atoms with Crippen LogP contribution in [0.4, 0.5) is 14.9 Å². The normalized spacial score (nSPS) is 16.1. The third-order valence-electron chi connectivity index (χ3n) is 9.00. The number of hydrogen-bond donors (Lipinski definition) is 2. The molecule has 270 valence electrons. The molecule has 2 heterocycles. The zero-order valence-electron chi connectivity index (χ0n) is 29.0. The van der Waals surface area contributed by atoms with E-state index in [0.29, 0.717) is 42.1 Å². The van der Waals surface area contributed by atoms with E-state index in [4.69, 9.17) is 31.2 Å². The first-order valence-corrected chi connectivity index (χ1v) is 17.4. The third kappa shape index (κ3) is 8.53. The van der Waals surface area contributed by atoms with Crippen LogP contribution in [-0.4, -0.2) is 58.8 Å². The number of hydrogen-bond acceptors (Lipinski definition) is 9. The van der Waals surface area contributed by atoms with E-state index in [9.17, 15) is 9.59 Å². The molecule has 8 rings (SSSR count). The molecule has 13 heteroatoms. The van der Waals surface area contributed by atoms with Crippen LogP contribution in [0.1, 0.15) is 18.9 Å². The number of likely N-dealkylation sites (tertiary alicyclic amines) is 1. The van der Waals surface area contributed by atoms with E-state index in [0.717, 1.165) is 12.0 Å². The average molecular weight is 734 g/mol. The maximum Gasteiger partial charge on any atom is 0.410 e. The van der Waals surface area contributed by atoms with Gasteiger partial charge in [0.05, 0.1) is 30.3 Å². The standard InChI is InChI=1S/C34H32FN5O6S.C6H4/c1-20(41)38-33(47)39-26-9-6-10-28(31(26)35)46-32-25-13-29(43-2)30(14-27(25)36-19-37-32)44-18-22-11-23-15-40(16-24(23)12-22)34(42)45-17-21-7-4-3-5-8-21;1-2-5-4-6(5)3-1/h3-11,13-14,19,22,24H,12,15-18H2,1-2H3,(H2,38,39,41,47);1-4H. The number of thiocarbonyl (C=S) groups is 1. The molecule has 2 unspecified atom stereocenters. The Morgan fingerprint density at radius 2 is 1.75 bits per heavy atom. The molecule has 1 aliphatic heterocycles. The second-order valence-corrected chi connectivity index (χ2v) is 13.2. The molecular weight excluding hydrogens is 698 g/mol. The number of nitrogens with zero attached hydrogens (tertiary/aromatic N) is 3. The fraction of sp³-hybridized carbons (Fsp3) is 0.225. The molecule has 0 bridgehead atoms. The molecule has 1 saturated heterocycles. The van der Waals surface area contributed by atoms with Gasteiger partial charge in [0.15, 0.2) is 28.2 Å². The topological polar surface area (TPSA) is 124 Å². The number of ether oxygens (including phenoxy) is 4. The summed E-state index contributed by atoms with van der Waals surface area (Å²) in [5.74, 6) is 0.276. The minimum absolute atomic E-state index is 0.0228. The van der Waals surface area contributed by atoms with Crippen LogP contribution < -0.4 is 24.8 Å². The monoisotopic (exact) mass is 733 g/mol. The number of fused-ring (bicyclic) bond motifs is 3. The van der Waals surface area contributed by atoms with Gasteiger partial charge in [-0.05, 0) is 65.2 Å². The molecule has 0 saturated carbocycles. The van der Waals surface area contributed by atoms with Gasteiger partial charge in [-0.3, -0.25) is 4.79 Å². The van der Waals surface area contributed by atoms with Crippen LogP contribution >= 0.6 is 12.2 Å². The fourth-order valence-corrected chi connectivity index (χ4v) is 6.64. The molecule has 0 spiro atoms. The zero-order valence-corrected chi connectivity index (χ0v) is 29.8. The highest BCUT2D eigenvalue weighted by Crippen LogP contribution is 2.40. The highest BCUT2D eigenvalue weighted by molar-refractivity contribution is 7.80. The summed E-state index contributed by atoms with van der Waals surface area (Å²) in [5, 5.41) is 5.48. The number of rotatable bonds is 9. The summed E-state index contributed by atoms with van der Waals surface area (Å²) in [4.78, 5) is 34.2. The van der Waals surface area contributed by atoms with E-state index in [-0.39, 0.29) is 52.9 Å². The Morgan fingerprint density at radius 1 is 0.962 bits per heavy atom. The Hall–Kier alpha value is -6.08. The number of benzene rings is 4. The van der Waals surface area contributed by atoms with Crippen molar-refractivity contribution in [3.05, 3.63) is 114 Å². The number of carbonyl (C=O) groups excluding carboxylic acids is 2. The number of anilines is 1. The first-order valence-electron chi connectivity index (χ1n) is 17.0. The number of carbonyl (C=O) groups is 2. The first-order chi connectivity index (χ1) is 25.7. The average Bonchev–Trinajstić information content (AvgIpc) is 3.42. The molecule has 2 N–H and O–H groups in total. The van der Waals surface area contributed by atoms with Gasteiger partial charge in [-0.15, -0.1) is 0 Å². The number of amides is 2. The molecule has 1 aromatic heterocycles. The van der Waals surface area contributed by atoms with Crippen molar-refractivity contribution in [2.24, 2.45) is 11.8 Å². The zero-order chi connectivity index (χ0) is 36.9. The summed E-state index contributed by atoms with van der Waals surface area (Å²) < 4.78 is 38.5. The molecule has 1 fully saturated rings. The van der Waals surface area contributed by atoms with E-state index in [1.807, 2.05) is 30.3 Å². The quantitative estimate of drug-likeness (QED) is 0.113. The van der Waals surface area contributed by atoms with Crippen LogP contribution in [0.25, 0.3) is 22.0 Å². The molecule has 3 aliphatic carbocycles. The number of halogens is 1. The maximum atomic E-state index is 15.3. The number of nitrogens with one attached hydrogen (secondary N) is 2. The molecule has 3 aromatic carbocycles. The molecule has 53 heavy (non-hydrogen) atoms. The number of methoxy groups -OCH3 is 1. The molecule has 4 aromatic rings. The summed E-state index contributed by atoms with van der Waals surface area (Å²) in [7, 11) is 1.53. The van der Waals surface area contributed by atoms with Crippen LogP contribution in [0.2, 0.25) is 0 Å². The maximum absolute atomic E-state index is 15.3. The Labute approximate surface area is 310 Å². The van der Waals surface area contributed by atoms with Gasteiger partial charge in [0, 0.05) is 37.9 Å². The summed E-state index contributed by atoms with van der Waals surface area (Å²) in [6.45, 7) is 3.14. The summed E-state index contributed by atoms with van der Waals surface area (Å²) in [6.07, 6.45) is 4.07. The van der Waals surface area contributed by atoms with Gasteiger partial charge < -0.3 is 34.5 Å². The molecule has 11 nitrogen and oxygen atoms in total. The molecule has 2 amide bonds. The minimum Gasteiger partial charge on any atom is -0.493 e. The highest BCUT2D eigenvalue weighted by atomic mass is 32.1. The van der Waals surface area contributed by atoms with Crippen LogP contribution in [0.3, 0.4) is 0 Å². The molecular formula is C40H36FN5O6S. The van der Waals surface area contributed by atoms with E-state index in [2.05, 4.69) is 50.9 Å². The summed E-state index contributed by atoms with van der Waals surface area (Å²) in [5.41, 5.74) is 5.56. The van der Waals surface area contributed by atoms with Gasteiger partial charge in [-0.2, -0.15) is 0 Å². The van der Waals surface area contributed by atoms with Crippen molar-refractivity contribution in [2.75, 3.05) is 32.1 Å². The molecule has 2 atom stereocenters. The third-order valence-corrected chi connectivity index (χ3v) is 9.20. The second kappa shape index (κ2) is 15.7. The van der Waals surface area contributed by atoms with E-state index in [1.165, 1.54) is 49.2 Å². The van der Waals surface area contributed by atoms with Gasteiger partial charge in [-0.1, -0.05) is 60.7 Å². The van der Waals surface area contributed by atoms with Crippen molar-refractivity contribution in [3.8, 4) is 34.3 Å². The molecule has 0 radical (unpaired) electrons. The van der Waals surface area contributed by atoms with E-state index >= 15 is 4.39 Å². The lowest BCUT2D eigenvalue weighted by atomic mass is 10.0. The summed E-state index contributed by atoms with van der Waals surface area (Å²) >= 11 is 5.04. The lowest BCUT2D eigenvalue weighted by molar-refractivity contribution is -0.117. The van der Waals surface area contributed by atoms with Crippen LogP contribution in [-0.2, 0) is 16.1 Å². The predicted octanol–water partition coefficient (Wildman–Crippen LogP) is 7.66. The van der Waals surface area contributed by atoms with Crippen molar-refractivity contribution in [1.29, 1.82) is 0 Å². The number of aromatic nitrogens is 2. The van der Waals surface area contributed by atoms with Crippen molar-refractivity contribution >= 4 is 45.9 Å². The van der Waals surface area contributed by atoms with E-state index in [1.54, 1.807) is 23.1 Å². The fourth-order valence-electron chi connectivity index (χ4n) is 6.38. The Balaban J connectivity index is 0.000000650. The first kappa shape index (κ1) is 35.3. The van der Waals surface area contributed by atoms with E-state index < -0.39 is 5.82 Å². The molecule has 4 aliphatic rings. The van der Waals surface area contributed by atoms with Crippen LogP contribution in [0.5, 0.6) is 23.1 Å². The van der Waals surface area contributed by atoms with Crippen molar-refractivity contribution in [2.45, 2.75) is 20.0 Å². The minimum atomic E-state index is -0.721. The van der Waals surface area contributed by atoms with Gasteiger partial charge in [0.25, 0.3) is 0 Å². The smallest absolute Gasteiger partial charge is 0.410 e. The second-order valence-electron chi connectivity index (χ2n) is 12.8. The lowest BCUT2D eigenvalue weighted by Crippen LogP contribution is -2.32. The predicted molar refractivity (Wildman–Crippen MR) is 201 cm³/mol. The van der Waals surface area contributed by atoms with Crippen molar-refractivity contribution in [1.82, 2.24) is 20.2 Å². The Morgan fingerprint density at radius 3 is 2.45 bits per heavy atom. The highest BCUT2D eigenvalue weighted by Gasteiger charge is 2.37. The SMILES string of the molecule is COc1cc2c(Oc3cccc(NC(=S)NC(C)=O)c3F)ncnc2cc1OCC1C=C2CN(C(=O)OCc3ccccc3)CC2C1.c1cc2cc-2c1. The van der Waals surface area contributed by atoms with Gasteiger partial charge in [0.2, 0.25) is 11.8 Å². The summed E-state index contributed by atoms with van der Waals surface area (Å²) in [6, 6.07) is 26.0. The largest absolute Gasteiger partial charge is 0.493 e. The Kier molecular flexibility index (Phi) is 10.4. The van der Waals surface area contributed by atoms with Gasteiger partial charge in [-0.25, -0.2) is 19.2 Å². The van der Waals surface area contributed by atoms with Crippen molar-refractivity contribution < 1.29 is 32.9 Å². The lowest BCUT2D eigenvalue weighted by Gasteiger charge is -2.18. The van der Waals surface area contributed by atoms with Crippen LogP contribution in [0.15, 0.2) is 103 Å².